The first-order valence-corrected chi connectivity index (χ1v) is 6.36. The number of nitrogens with one attached hydrogen (secondary N) is 1. The molecule has 1 heterocycles. The SMILES string of the molecule is CCN(CC)CCNCCn1ccccc1=O. The van der Waals surface area contributed by atoms with Gasteiger partial charge in [0.2, 0.25) is 0 Å². The van der Waals surface area contributed by atoms with Crippen LogP contribution in [-0.4, -0.2) is 42.2 Å². The largest absolute Gasteiger partial charge is 0.314 e. The molecule has 0 aliphatic heterocycles. The molecule has 0 aromatic carbocycles. The maximum absolute atomic E-state index is 11.4. The minimum atomic E-state index is 0.0676. The molecule has 0 amide bonds. The van der Waals surface area contributed by atoms with Crippen LogP contribution < -0.4 is 10.9 Å². The van der Waals surface area contributed by atoms with Crippen LogP contribution in [0.1, 0.15) is 13.8 Å². The summed E-state index contributed by atoms with van der Waals surface area (Å²) in [6.45, 7) is 10.1. The van der Waals surface area contributed by atoms with Crippen LogP contribution >= 0.6 is 0 Å². The fourth-order valence-corrected chi connectivity index (χ4v) is 1.75. The van der Waals surface area contributed by atoms with E-state index < -0.39 is 0 Å². The lowest BCUT2D eigenvalue weighted by atomic mass is 10.4. The van der Waals surface area contributed by atoms with E-state index in [0.29, 0.717) is 0 Å². The lowest BCUT2D eigenvalue weighted by Gasteiger charge is -2.18. The van der Waals surface area contributed by atoms with Crippen molar-refractivity contribution in [2.45, 2.75) is 20.4 Å². The molecule has 4 nitrogen and oxygen atoms in total. The van der Waals surface area contributed by atoms with Crippen LogP contribution in [0.5, 0.6) is 0 Å². The average molecular weight is 237 g/mol. The van der Waals surface area contributed by atoms with E-state index >= 15 is 0 Å². The first-order chi connectivity index (χ1) is 8.27. The Morgan fingerprint density at radius 3 is 2.65 bits per heavy atom. The third-order valence-corrected chi connectivity index (χ3v) is 2.93. The van der Waals surface area contributed by atoms with Crippen molar-refractivity contribution in [3.8, 4) is 0 Å². The molecular formula is C13H23N3O. The lowest BCUT2D eigenvalue weighted by molar-refractivity contribution is 0.302. The summed E-state index contributed by atoms with van der Waals surface area (Å²) in [5.74, 6) is 0. The van der Waals surface area contributed by atoms with Crippen molar-refractivity contribution < 1.29 is 0 Å². The van der Waals surface area contributed by atoms with Crippen molar-refractivity contribution >= 4 is 0 Å². The van der Waals surface area contributed by atoms with Crippen LogP contribution in [0.4, 0.5) is 0 Å². The van der Waals surface area contributed by atoms with Gasteiger partial charge in [-0.15, -0.1) is 0 Å². The van der Waals surface area contributed by atoms with Gasteiger partial charge in [-0.1, -0.05) is 19.9 Å². The second kappa shape index (κ2) is 8.03. The first-order valence-electron chi connectivity index (χ1n) is 6.36. The van der Waals surface area contributed by atoms with Gasteiger partial charge in [-0.05, 0) is 19.2 Å². The molecule has 1 aromatic rings. The van der Waals surface area contributed by atoms with Crippen molar-refractivity contribution in [2.24, 2.45) is 0 Å². The Bertz CT molecular complexity index is 358. The summed E-state index contributed by atoms with van der Waals surface area (Å²) in [4.78, 5) is 13.8. The highest BCUT2D eigenvalue weighted by molar-refractivity contribution is 4.93. The predicted molar refractivity (Wildman–Crippen MR) is 71.4 cm³/mol. The highest BCUT2D eigenvalue weighted by atomic mass is 16.1. The Kier molecular flexibility index (Phi) is 6.58. The molecule has 0 aliphatic carbocycles. The fourth-order valence-electron chi connectivity index (χ4n) is 1.75. The first kappa shape index (κ1) is 13.9. The Hall–Kier alpha value is -1.13. The van der Waals surface area contributed by atoms with Gasteiger partial charge in [0.1, 0.15) is 0 Å². The van der Waals surface area contributed by atoms with Gasteiger partial charge >= 0.3 is 0 Å². The van der Waals surface area contributed by atoms with Crippen molar-refractivity contribution in [1.82, 2.24) is 14.8 Å². The monoisotopic (exact) mass is 237 g/mol. The average Bonchev–Trinajstić information content (AvgIpc) is 2.36. The molecule has 1 N–H and O–H groups in total. The molecule has 0 saturated heterocycles. The maximum atomic E-state index is 11.4. The smallest absolute Gasteiger partial charge is 0.250 e. The highest BCUT2D eigenvalue weighted by Crippen LogP contribution is 1.84. The highest BCUT2D eigenvalue weighted by Gasteiger charge is 1.97. The van der Waals surface area contributed by atoms with Crippen LogP contribution in [0.15, 0.2) is 29.2 Å². The Morgan fingerprint density at radius 2 is 2.00 bits per heavy atom. The summed E-state index contributed by atoms with van der Waals surface area (Å²) in [6.07, 6.45) is 1.83. The van der Waals surface area contributed by atoms with E-state index in [1.807, 2.05) is 12.3 Å². The maximum Gasteiger partial charge on any atom is 0.250 e. The van der Waals surface area contributed by atoms with E-state index in [1.165, 1.54) is 0 Å². The van der Waals surface area contributed by atoms with Crippen LogP contribution in [0.2, 0.25) is 0 Å². The quantitative estimate of drug-likeness (QED) is 0.679. The summed E-state index contributed by atoms with van der Waals surface area (Å²) < 4.78 is 1.73. The van der Waals surface area contributed by atoms with E-state index in [-0.39, 0.29) is 5.56 Å². The van der Waals surface area contributed by atoms with Crippen molar-refractivity contribution in [3.05, 3.63) is 34.7 Å². The molecule has 0 unspecified atom stereocenters. The molecule has 17 heavy (non-hydrogen) atoms. The minimum absolute atomic E-state index is 0.0676. The van der Waals surface area contributed by atoms with Crippen LogP contribution in [-0.2, 0) is 6.54 Å². The Labute approximate surface area is 103 Å². The number of hydrogen-bond acceptors (Lipinski definition) is 3. The standard InChI is InChI=1S/C13H23N3O/c1-3-15(4-2)11-8-14-9-12-16-10-6-5-7-13(16)17/h5-7,10,14H,3-4,8-9,11-12H2,1-2H3. The number of aromatic nitrogens is 1. The van der Waals surface area contributed by atoms with Crippen molar-refractivity contribution in [2.75, 3.05) is 32.7 Å². The molecule has 0 fully saturated rings. The topological polar surface area (TPSA) is 37.3 Å². The van der Waals surface area contributed by atoms with Gasteiger partial charge in [-0.25, -0.2) is 0 Å². The molecule has 0 atom stereocenters. The molecule has 96 valence electrons. The van der Waals surface area contributed by atoms with Gasteiger partial charge in [-0.3, -0.25) is 4.79 Å². The second-order valence-electron chi connectivity index (χ2n) is 4.01. The van der Waals surface area contributed by atoms with E-state index in [4.69, 9.17) is 0 Å². The van der Waals surface area contributed by atoms with Crippen LogP contribution in [0.3, 0.4) is 0 Å². The predicted octanol–water partition coefficient (Wildman–Crippen LogP) is 0.780. The molecule has 0 bridgehead atoms. The Balaban J connectivity index is 2.17. The third-order valence-electron chi connectivity index (χ3n) is 2.93. The van der Waals surface area contributed by atoms with Gasteiger partial charge in [0.05, 0.1) is 0 Å². The molecule has 0 saturated carbocycles. The summed E-state index contributed by atoms with van der Waals surface area (Å²) in [6, 6.07) is 5.25. The van der Waals surface area contributed by atoms with E-state index in [1.54, 1.807) is 16.7 Å². The van der Waals surface area contributed by atoms with Gasteiger partial charge in [0.25, 0.3) is 5.56 Å². The van der Waals surface area contributed by atoms with Crippen LogP contribution in [0.25, 0.3) is 0 Å². The molecule has 4 heteroatoms. The van der Waals surface area contributed by atoms with E-state index in [9.17, 15) is 4.79 Å². The number of pyridine rings is 1. The zero-order valence-corrected chi connectivity index (χ0v) is 10.9. The molecular weight excluding hydrogens is 214 g/mol. The summed E-state index contributed by atoms with van der Waals surface area (Å²) in [5.41, 5.74) is 0.0676. The van der Waals surface area contributed by atoms with Gasteiger partial charge in [-0.2, -0.15) is 0 Å². The lowest BCUT2D eigenvalue weighted by Crippen LogP contribution is -2.34. The van der Waals surface area contributed by atoms with E-state index in [2.05, 4.69) is 24.1 Å². The van der Waals surface area contributed by atoms with Gasteiger partial charge in [0.15, 0.2) is 0 Å². The fraction of sp³-hybridized carbons (Fsp3) is 0.615. The number of rotatable bonds is 8. The minimum Gasteiger partial charge on any atom is -0.314 e. The zero-order chi connectivity index (χ0) is 12.5. The number of likely N-dealkylation sites (N-methyl/N-ethyl adjacent to an activating group) is 1. The second-order valence-corrected chi connectivity index (χ2v) is 4.01. The summed E-state index contributed by atoms with van der Waals surface area (Å²) in [7, 11) is 0. The molecule has 0 radical (unpaired) electrons. The zero-order valence-electron chi connectivity index (χ0n) is 10.9. The molecule has 0 aliphatic rings. The third kappa shape index (κ3) is 5.15. The molecule has 1 aromatic heterocycles. The van der Waals surface area contributed by atoms with Crippen molar-refractivity contribution in [3.63, 3.8) is 0 Å². The van der Waals surface area contributed by atoms with Gasteiger partial charge in [0, 0.05) is 38.4 Å². The van der Waals surface area contributed by atoms with Crippen molar-refractivity contribution in [1.29, 1.82) is 0 Å². The number of hydrogen-bond donors (Lipinski definition) is 1. The Morgan fingerprint density at radius 1 is 1.24 bits per heavy atom. The van der Waals surface area contributed by atoms with E-state index in [0.717, 1.165) is 39.3 Å². The molecule has 1 rings (SSSR count). The normalized spacial score (nSPS) is 11.0. The number of nitrogens with zero attached hydrogens (tertiary/aromatic N) is 2. The summed E-state index contributed by atoms with van der Waals surface area (Å²) >= 11 is 0. The molecule has 0 spiro atoms. The van der Waals surface area contributed by atoms with Gasteiger partial charge < -0.3 is 14.8 Å². The summed E-state index contributed by atoms with van der Waals surface area (Å²) in [5, 5.41) is 3.36. The van der Waals surface area contributed by atoms with Crippen LogP contribution in [0, 0.1) is 0 Å².